The van der Waals surface area contributed by atoms with Crippen LogP contribution in [0.2, 0.25) is 0 Å². The molecule has 88 valence electrons. The molecule has 6 heteroatoms. The van der Waals surface area contributed by atoms with Gasteiger partial charge in [-0.1, -0.05) is 6.92 Å². The molecule has 0 spiro atoms. The van der Waals surface area contributed by atoms with Crippen LogP contribution in [0.25, 0.3) is 0 Å². The first-order valence-electron chi connectivity index (χ1n) is 4.82. The molecule has 3 nitrogen and oxygen atoms in total. The Balaban J connectivity index is 2.46. The minimum atomic E-state index is -4.17. The highest BCUT2D eigenvalue weighted by atomic mass is 19.4. The van der Waals surface area contributed by atoms with E-state index in [1.807, 2.05) is 0 Å². The lowest BCUT2D eigenvalue weighted by Gasteiger charge is -2.37. The Bertz CT molecular complexity index is 244. The second-order valence-electron chi connectivity index (χ2n) is 4.32. The van der Waals surface area contributed by atoms with Crippen molar-refractivity contribution in [2.75, 3.05) is 19.6 Å². The van der Waals surface area contributed by atoms with Crippen LogP contribution in [0.3, 0.4) is 0 Å². The summed E-state index contributed by atoms with van der Waals surface area (Å²) in [7, 11) is 0. The van der Waals surface area contributed by atoms with E-state index in [4.69, 9.17) is 5.73 Å². The molecule has 1 aliphatic heterocycles. The molecule has 0 radical (unpaired) electrons. The summed E-state index contributed by atoms with van der Waals surface area (Å²) in [5, 5.41) is 0. The maximum absolute atomic E-state index is 12.1. The van der Waals surface area contributed by atoms with Crippen LogP contribution in [-0.4, -0.2) is 36.6 Å². The molecule has 0 atom stereocenters. The van der Waals surface area contributed by atoms with Crippen LogP contribution in [0.1, 0.15) is 19.8 Å². The maximum atomic E-state index is 12.1. The summed E-state index contributed by atoms with van der Waals surface area (Å²) in [5.41, 5.74) is 4.56. The van der Waals surface area contributed by atoms with Gasteiger partial charge in [-0.2, -0.15) is 13.2 Å². The summed E-state index contributed by atoms with van der Waals surface area (Å²) in [4.78, 5) is 12.4. The zero-order valence-corrected chi connectivity index (χ0v) is 8.60. The van der Waals surface area contributed by atoms with Crippen molar-refractivity contribution in [2.45, 2.75) is 25.9 Å². The lowest BCUT2D eigenvalue weighted by Crippen LogP contribution is -2.47. The number of nitrogens with two attached hydrogens (primary N) is 1. The Morgan fingerprint density at radius 2 is 1.87 bits per heavy atom. The first kappa shape index (κ1) is 12.3. The van der Waals surface area contributed by atoms with Crippen LogP contribution in [0.5, 0.6) is 0 Å². The van der Waals surface area contributed by atoms with Gasteiger partial charge in [0.15, 0.2) is 0 Å². The van der Waals surface area contributed by atoms with Gasteiger partial charge < -0.3 is 5.73 Å². The average Bonchev–Trinajstić information content (AvgIpc) is 2.07. The van der Waals surface area contributed by atoms with E-state index in [9.17, 15) is 18.0 Å². The van der Waals surface area contributed by atoms with Gasteiger partial charge in [-0.25, -0.2) is 0 Å². The minimum absolute atomic E-state index is 0.277. The molecule has 0 saturated carbocycles. The molecule has 1 amide bonds. The van der Waals surface area contributed by atoms with E-state index in [1.54, 1.807) is 6.92 Å². The normalized spacial score (nSPS) is 22.7. The number of carbonyl (C=O) groups is 1. The number of amides is 1. The molecule has 1 heterocycles. The largest absolute Gasteiger partial charge is 0.401 e. The Hall–Kier alpha value is -0.780. The molecule has 0 bridgehead atoms. The van der Waals surface area contributed by atoms with Gasteiger partial charge in [0.05, 0.1) is 6.54 Å². The van der Waals surface area contributed by atoms with E-state index in [2.05, 4.69) is 0 Å². The molecule has 1 saturated heterocycles. The Labute approximate surface area is 86.4 Å². The third kappa shape index (κ3) is 3.37. The number of likely N-dealkylation sites (tertiary alicyclic amines) is 1. The fraction of sp³-hybridized carbons (Fsp3) is 0.889. The number of primary amides is 1. The van der Waals surface area contributed by atoms with Gasteiger partial charge in [-0.3, -0.25) is 9.69 Å². The standard InChI is InChI=1S/C9H15F3N2O/c1-8(7(13)15)2-4-14(5-3-8)6-9(10,11)12/h2-6H2,1H3,(H2,13,15). The van der Waals surface area contributed by atoms with E-state index in [0.29, 0.717) is 12.8 Å². The van der Waals surface area contributed by atoms with Gasteiger partial charge in [-0.05, 0) is 25.9 Å². The molecular formula is C9H15F3N2O. The first-order valence-corrected chi connectivity index (χ1v) is 4.82. The minimum Gasteiger partial charge on any atom is -0.369 e. The zero-order chi connectivity index (χ0) is 11.7. The van der Waals surface area contributed by atoms with E-state index >= 15 is 0 Å². The summed E-state index contributed by atoms with van der Waals surface area (Å²) < 4.78 is 36.2. The quantitative estimate of drug-likeness (QED) is 0.764. The Kier molecular flexibility index (Phi) is 3.28. The van der Waals surface area contributed by atoms with Crippen molar-refractivity contribution in [1.29, 1.82) is 0 Å². The fourth-order valence-electron chi connectivity index (χ4n) is 1.70. The van der Waals surface area contributed by atoms with E-state index in [1.165, 1.54) is 4.90 Å². The molecule has 0 aliphatic carbocycles. The molecule has 0 aromatic rings. The van der Waals surface area contributed by atoms with Crippen LogP contribution in [-0.2, 0) is 4.79 Å². The van der Waals surface area contributed by atoms with Crippen molar-refractivity contribution in [3.8, 4) is 0 Å². The number of hydrogen-bond acceptors (Lipinski definition) is 2. The highest BCUT2D eigenvalue weighted by Gasteiger charge is 2.38. The molecule has 1 aliphatic rings. The van der Waals surface area contributed by atoms with Crippen molar-refractivity contribution in [2.24, 2.45) is 11.1 Å². The number of halogens is 3. The monoisotopic (exact) mass is 224 g/mol. The average molecular weight is 224 g/mol. The molecule has 15 heavy (non-hydrogen) atoms. The fourth-order valence-corrected chi connectivity index (χ4v) is 1.70. The summed E-state index contributed by atoms with van der Waals surface area (Å²) >= 11 is 0. The lowest BCUT2D eigenvalue weighted by molar-refractivity contribution is -0.152. The second-order valence-corrected chi connectivity index (χ2v) is 4.32. The third-order valence-corrected chi connectivity index (χ3v) is 2.96. The number of rotatable bonds is 2. The Morgan fingerprint density at radius 1 is 1.40 bits per heavy atom. The molecule has 0 aromatic heterocycles. The van der Waals surface area contributed by atoms with Crippen LogP contribution < -0.4 is 5.73 Å². The van der Waals surface area contributed by atoms with Crippen molar-refractivity contribution in [3.05, 3.63) is 0 Å². The number of carbonyl (C=O) groups excluding carboxylic acids is 1. The van der Waals surface area contributed by atoms with Gasteiger partial charge in [-0.15, -0.1) is 0 Å². The Morgan fingerprint density at radius 3 is 2.20 bits per heavy atom. The zero-order valence-electron chi connectivity index (χ0n) is 8.60. The van der Waals surface area contributed by atoms with Crippen LogP contribution in [0, 0.1) is 5.41 Å². The van der Waals surface area contributed by atoms with Gasteiger partial charge in [0.1, 0.15) is 0 Å². The van der Waals surface area contributed by atoms with E-state index in [-0.39, 0.29) is 13.1 Å². The topological polar surface area (TPSA) is 46.3 Å². The number of piperidine rings is 1. The first-order chi connectivity index (χ1) is 6.73. The van der Waals surface area contributed by atoms with Crippen molar-refractivity contribution in [3.63, 3.8) is 0 Å². The van der Waals surface area contributed by atoms with Gasteiger partial charge >= 0.3 is 6.18 Å². The van der Waals surface area contributed by atoms with E-state index < -0.39 is 24.0 Å². The second kappa shape index (κ2) is 4.00. The third-order valence-electron chi connectivity index (χ3n) is 2.96. The number of nitrogens with zero attached hydrogens (tertiary/aromatic N) is 1. The maximum Gasteiger partial charge on any atom is 0.401 e. The summed E-state index contributed by atoms with van der Waals surface area (Å²) in [6, 6.07) is 0. The molecular weight excluding hydrogens is 209 g/mol. The molecule has 1 rings (SSSR count). The van der Waals surface area contributed by atoms with Gasteiger partial charge in [0.25, 0.3) is 0 Å². The van der Waals surface area contributed by atoms with Crippen LogP contribution in [0.4, 0.5) is 13.2 Å². The van der Waals surface area contributed by atoms with E-state index in [0.717, 1.165) is 0 Å². The van der Waals surface area contributed by atoms with Crippen molar-refractivity contribution >= 4 is 5.91 Å². The van der Waals surface area contributed by atoms with Gasteiger partial charge in [0.2, 0.25) is 5.91 Å². The van der Waals surface area contributed by atoms with Crippen molar-refractivity contribution in [1.82, 2.24) is 4.90 Å². The van der Waals surface area contributed by atoms with Crippen LogP contribution >= 0.6 is 0 Å². The smallest absolute Gasteiger partial charge is 0.369 e. The van der Waals surface area contributed by atoms with Crippen molar-refractivity contribution < 1.29 is 18.0 Å². The predicted molar refractivity (Wildman–Crippen MR) is 49.0 cm³/mol. The highest BCUT2D eigenvalue weighted by Crippen LogP contribution is 2.31. The summed E-state index contributed by atoms with van der Waals surface area (Å²) in [5.74, 6) is -0.422. The van der Waals surface area contributed by atoms with Crippen LogP contribution in [0.15, 0.2) is 0 Å². The highest BCUT2D eigenvalue weighted by molar-refractivity contribution is 5.80. The SMILES string of the molecule is CC1(C(N)=O)CCN(CC(F)(F)F)CC1. The molecule has 2 N–H and O–H groups in total. The lowest BCUT2D eigenvalue weighted by atomic mass is 9.80. The molecule has 0 unspecified atom stereocenters. The summed E-state index contributed by atoms with van der Waals surface area (Å²) in [6.45, 7) is 1.36. The number of hydrogen-bond donors (Lipinski definition) is 1. The predicted octanol–water partition coefficient (Wildman–Crippen LogP) is 1.14. The van der Waals surface area contributed by atoms with Gasteiger partial charge in [0, 0.05) is 5.41 Å². The molecule has 1 fully saturated rings. The molecule has 0 aromatic carbocycles. The number of alkyl halides is 3. The summed E-state index contributed by atoms with van der Waals surface area (Å²) in [6.07, 6.45) is -3.36.